The van der Waals surface area contributed by atoms with Crippen LogP contribution in [0.5, 0.6) is 0 Å². The van der Waals surface area contributed by atoms with Gasteiger partial charge in [-0.2, -0.15) is 0 Å². The van der Waals surface area contributed by atoms with E-state index < -0.39 is 12.0 Å². The summed E-state index contributed by atoms with van der Waals surface area (Å²) in [6.07, 6.45) is 17.5. The van der Waals surface area contributed by atoms with E-state index in [4.69, 9.17) is 14.2 Å². The molecule has 1 amide bonds. The van der Waals surface area contributed by atoms with E-state index in [1.165, 1.54) is 64.1 Å². The van der Waals surface area contributed by atoms with E-state index in [0.717, 1.165) is 30.7 Å². The maximum absolute atomic E-state index is 12.7. The van der Waals surface area contributed by atoms with E-state index in [0.29, 0.717) is 59.8 Å². The molecule has 2 aliphatic heterocycles. The zero-order chi connectivity index (χ0) is 33.5. The molecule has 1 aromatic heterocycles. The van der Waals surface area contributed by atoms with E-state index in [2.05, 4.69) is 47.9 Å². The molecule has 10 heteroatoms. The molecule has 12 atom stereocenters. The van der Waals surface area contributed by atoms with Gasteiger partial charge in [-0.05, 0) is 116 Å². The van der Waals surface area contributed by atoms with Crippen molar-refractivity contribution < 1.29 is 28.9 Å². The zero-order valence-electron chi connectivity index (χ0n) is 29.5. The molecule has 7 aliphatic rings. The van der Waals surface area contributed by atoms with Crippen LogP contribution in [0.1, 0.15) is 104 Å². The number of imidazole rings is 1. The van der Waals surface area contributed by atoms with Crippen molar-refractivity contribution in [3.63, 3.8) is 0 Å². The van der Waals surface area contributed by atoms with Gasteiger partial charge in [0, 0.05) is 44.4 Å². The van der Waals surface area contributed by atoms with Crippen LogP contribution in [0.2, 0.25) is 0 Å². The van der Waals surface area contributed by atoms with Crippen molar-refractivity contribution in [2.45, 2.75) is 135 Å². The second-order valence-electron chi connectivity index (χ2n) is 17.8. The van der Waals surface area contributed by atoms with Crippen molar-refractivity contribution in [1.29, 1.82) is 0 Å². The third-order valence-corrected chi connectivity index (χ3v) is 15.4. The first kappa shape index (κ1) is 33.2. The highest BCUT2D eigenvalue weighted by Gasteiger charge is 2.80. The normalized spacial score (nSPS) is 45.1. The molecular formula is C38H58N4O6. The summed E-state index contributed by atoms with van der Waals surface area (Å²) in [5.74, 6) is 1.84. The summed E-state index contributed by atoms with van der Waals surface area (Å²) in [5.41, 5.74) is 2.26. The summed E-state index contributed by atoms with van der Waals surface area (Å²) >= 11 is 0. The van der Waals surface area contributed by atoms with Crippen LogP contribution >= 0.6 is 0 Å². The standard InChI is InChI=1S/C38H58N4O6/c1-23-5-6-26-29(47-23)18-27-25-7-8-30-35(2,3)31(9-11-38(30)21-37(25,38)13-12-36(26,27)4)48-33-20-42(15-16-46-33)14-10-32(43)41-28(34(44)45)17-24-19-39-22-40-24/h19,22-23,25-31,33H,5-18,20-21H2,1-4H3,(H,39,40)(H,41,43)(H,44,45)/t23?,25?,26?,27?,28?,29?,30?,31-,33?,36?,37-,38+/m0/s1. The molecule has 266 valence electrons. The number of rotatable bonds is 9. The Morgan fingerprint density at radius 1 is 1.10 bits per heavy atom. The van der Waals surface area contributed by atoms with Crippen LogP contribution in [-0.4, -0.2) is 88.7 Å². The lowest BCUT2D eigenvalue weighted by atomic mass is 9.46. The van der Waals surface area contributed by atoms with Gasteiger partial charge < -0.3 is 29.6 Å². The predicted molar refractivity (Wildman–Crippen MR) is 179 cm³/mol. The minimum Gasteiger partial charge on any atom is -0.480 e. The van der Waals surface area contributed by atoms with Gasteiger partial charge in [0.15, 0.2) is 6.29 Å². The lowest BCUT2D eigenvalue weighted by Crippen LogP contribution is -2.56. The molecule has 0 aromatic carbocycles. The maximum atomic E-state index is 12.7. The molecule has 3 heterocycles. The highest BCUT2D eigenvalue weighted by Crippen LogP contribution is 2.87. The summed E-state index contributed by atoms with van der Waals surface area (Å²) in [7, 11) is 0. The molecule has 7 fully saturated rings. The number of nitrogens with zero attached hydrogens (tertiary/aromatic N) is 2. The lowest BCUT2D eigenvalue weighted by Gasteiger charge is -2.60. The molecule has 5 aliphatic carbocycles. The van der Waals surface area contributed by atoms with Gasteiger partial charge in [-0.25, -0.2) is 9.78 Å². The van der Waals surface area contributed by atoms with Crippen LogP contribution in [-0.2, 0) is 30.2 Å². The van der Waals surface area contributed by atoms with Crippen molar-refractivity contribution >= 4 is 11.9 Å². The number of aromatic amines is 1. The average Bonchev–Trinajstić information content (AvgIpc) is 3.27. The Morgan fingerprint density at radius 2 is 1.94 bits per heavy atom. The van der Waals surface area contributed by atoms with Gasteiger partial charge in [0.1, 0.15) is 6.04 Å². The molecular weight excluding hydrogens is 608 g/mol. The largest absolute Gasteiger partial charge is 0.480 e. The van der Waals surface area contributed by atoms with E-state index in [1.807, 2.05) is 0 Å². The molecule has 3 N–H and O–H groups in total. The summed E-state index contributed by atoms with van der Waals surface area (Å²) < 4.78 is 19.7. The first-order valence-corrected chi connectivity index (χ1v) is 19.1. The molecule has 2 spiro atoms. The number of fused-ring (bicyclic) bond motifs is 4. The molecule has 1 aromatic rings. The van der Waals surface area contributed by atoms with Crippen LogP contribution in [0.3, 0.4) is 0 Å². The van der Waals surface area contributed by atoms with E-state index in [9.17, 15) is 14.7 Å². The molecule has 5 saturated carbocycles. The van der Waals surface area contributed by atoms with Crippen LogP contribution in [0.25, 0.3) is 0 Å². The number of amides is 1. The molecule has 48 heavy (non-hydrogen) atoms. The summed E-state index contributed by atoms with van der Waals surface area (Å²) in [5, 5.41) is 12.3. The zero-order valence-corrected chi connectivity index (χ0v) is 29.5. The molecule has 0 radical (unpaired) electrons. The number of carbonyl (C=O) groups is 2. The molecule has 9 unspecified atom stereocenters. The Hall–Kier alpha value is -2.01. The SMILES string of the molecule is CC1CCC2C(CC3C4CCC5C(C)(C)[C@@H](OC6CN(CCC(=O)NC(Cc7cnc[nH]7)C(=O)O)CCO6)CC[C@@]56C[C@@]46CCC23C)O1. The summed E-state index contributed by atoms with van der Waals surface area (Å²) in [4.78, 5) is 33.6. The first-order chi connectivity index (χ1) is 22.9. The van der Waals surface area contributed by atoms with Crippen LogP contribution in [0.15, 0.2) is 12.5 Å². The molecule has 8 rings (SSSR count). The van der Waals surface area contributed by atoms with Crippen LogP contribution in [0, 0.1) is 45.3 Å². The van der Waals surface area contributed by atoms with Crippen LogP contribution in [0.4, 0.5) is 0 Å². The number of hydrogen-bond acceptors (Lipinski definition) is 7. The summed E-state index contributed by atoms with van der Waals surface area (Å²) in [6.45, 7) is 12.4. The van der Waals surface area contributed by atoms with Crippen molar-refractivity contribution in [3.05, 3.63) is 18.2 Å². The van der Waals surface area contributed by atoms with Crippen LogP contribution < -0.4 is 5.32 Å². The number of ether oxygens (including phenoxy) is 3. The highest BCUT2D eigenvalue weighted by atomic mass is 16.7. The van der Waals surface area contributed by atoms with Gasteiger partial charge >= 0.3 is 5.97 Å². The van der Waals surface area contributed by atoms with Gasteiger partial charge in [0.2, 0.25) is 5.91 Å². The van der Waals surface area contributed by atoms with Crippen molar-refractivity contribution in [2.75, 3.05) is 26.2 Å². The fourth-order valence-corrected chi connectivity index (χ4v) is 13.1. The van der Waals surface area contributed by atoms with Crippen molar-refractivity contribution in [1.82, 2.24) is 20.2 Å². The van der Waals surface area contributed by atoms with Gasteiger partial charge in [0.25, 0.3) is 0 Å². The second kappa shape index (κ2) is 12.1. The summed E-state index contributed by atoms with van der Waals surface area (Å²) in [6, 6.07) is -0.991. The Labute approximate surface area is 285 Å². The van der Waals surface area contributed by atoms with Gasteiger partial charge in [-0.15, -0.1) is 0 Å². The van der Waals surface area contributed by atoms with E-state index in [-0.39, 0.29) is 36.6 Å². The number of aromatic nitrogens is 2. The maximum Gasteiger partial charge on any atom is 0.326 e. The fourth-order valence-electron chi connectivity index (χ4n) is 13.1. The number of hydrogen-bond donors (Lipinski definition) is 3. The first-order valence-electron chi connectivity index (χ1n) is 19.1. The Kier molecular flexibility index (Phi) is 8.32. The smallest absolute Gasteiger partial charge is 0.326 e. The predicted octanol–water partition coefficient (Wildman–Crippen LogP) is 5.18. The molecule has 0 bridgehead atoms. The minimum absolute atomic E-state index is 0.0850. The topological polar surface area (TPSA) is 126 Å². The quantitative estimate of drug-likeness (QED) is 0.329. The third kappa shape index (κ3) is 5.29. The van der Waals surface area contributed by atoms with Crippen molar-refractivity contribution in [3.8, 4) is 0 Å². The van der Waals surface area contributed by atoms with Crippen molar-refractivity contribution in [2.24, 2.45) is 45.3 Å². The monoisotopic (exact) mass is 666 g/mol. The number of carboxylic acids is 1. The number of morpholine rings is 1. The lowest BCUT2D eigenvalue weighted by molar-refractivity contribution is -0.245. The Bertz CT molecular complexity index is 1370. The Morgan fingerprint density at radius 3 is 2.73 bits per heavy atom. The number of nitrogens with one attached hydrogen (secondary N) is 2. The number of carbonyl (C=O) groups excluding carboxylic acids is 1. The number of aliphatic carboxylic acids is 1. The average molecular weight is 667 g/mol. The number of H-pyrrole nitrogens is 1. The third-order valence-electron chi connectivity index (χ3n) is 15.4. The van der Waals surface area contributed by atoms with Gasteiger partial charge in [0.05, 0.1) is 31.2 Å². The molecule has 2 saturated heterocycles. The second-order valence-corrected chi connectivity index (χ2v) is 17.8. The Balaban J connectivity index is 0.867. The van der Waals surface area contributed by atoms with E-state index >= 15 is 0 Å². The fraction of sp³-hybridized carbons (Fsp3) is 0.868. The number of carboxylic acid groups (broad SMARTS) is 1. The highest BCUT2D eigenvalue weighted by molar-refractivity contribution is 5.83. The molecule has 10 nitrogen and oxygen atoms in total. The van der Waals surface area contributed by atoms with Gasteiger partial charge in [-0.1, -0.05) is 20.8 Å². The van der Waals surface area contributed by atoms with Gasteiger partial charge in [-0.3, -0.25) is 9.69 Å². The minimum atomic E-state index is -1.05. The van der Waals surface area contributed by atoms with E-state index in [1.54, 1.807) is 6.20 Å².